The van der Waals surface area contributed by atoms with Crippen LogP contribution in [-0.4, -0.2) is 75.7 Å². The summed E-state index contributed by atoms with van der Waals surface area (Å²) in [6.07, 6.45) is 3.06. The Kier molecular flexibility index (Phi) is 5.61. The molecule has 7 atom stereocenters. The smallest absolute Gasteiger partial charge is 0.248 e. The molecule has 0 radical (unpaired) electrons. The Morgan fingerprint density at radius 1 is 1.24 bits per heavy atom. The Balaban J connectivity index is 1.26. The molecule has 4 aliphatic rings. The van der Waals surface area contributed by atoms with Gasteiger partial charge >= 0.3 is 0 Å². The third kappa shape index (κ3) is 3.48. The summed E-state index contributed by atoms with van der Waals surface area (Å²) in [5.41, 5.74) is 14.4. The van der Waals surface area contributed by atoms with Crippen molar-refractivity contribution in [2.45, 2.75) is 75.8 Å². The van der Waals surface area contributed by atoms with Gasteiger partial charge < -0.3 is 21.3 Å². The number of fused-ring (bicyclic) bond motifs is 3. The summed E-state index contributed by atoms with van der Waals surface area (Å²) in [6, 6.07) is 6.38. The van der Waals surface area contributed by atoms with Crippen LogP contribution in [0.1, 0.15) is 60.6 Å². The number of nitrogens with zero attached hydrogens (tertiary/aromatic N) is 4. The predicted molar refractivity (Wildman–Crippen MR) is 124 cm³/mol. The van der Waals surface area contributed by atoms with E-state index in [2.05, 4.69) is 13.0 Å². The Bertz CT molecular complexity index is 1080. The van der Waals surface area contributed by atoms with Gasteiger partial charge in [0.25, 0.3) is 0 Å². The SMILES string of the molecule is CC1CC(C#N)N(C(=O)C(N)CN2C[C@@H]3CC2C(=O)N3C2CCc3cc(C(N)=O)ccc32)C1C. The van der Waals surface area contributed by atoms with E-state index >= 15 is 0 Å². The molecule has 0 saturated carbocycles. The number of nitriles is 1. The molecule has 9 nitrogen and oxygen atoms in total. The maximum Gasteiger partial charge on any atom is 0.248 e. The number of aryl methyl sites for hydroxylation is 1. The topological polar surface area (TPSA) is 137 Å². The lowest BCUT2D eigenvalue weighted by Gasteiger charge is -2.39. The first-order chi connectivity index (χ1) is 16.2. The first kappa shape index (κ1) is 22.8. The zero-order chi connectivity index (χ0) is 24.3. The number of hydrogen-bond acceptors (Lipinski definition) is 6. The van der Waals surface area contributed by atoms with E-state index in [0.717, 1.165) is 30.4 Å². The van der Waals surface area contributed by atoms with Crippen LogP contribution in [0.4, 0.5) is 0 Å². The first-order valence-electron chi connectivity index (χ1n) is 12.2. The average molecular weight is 465 g/mol. The van der Waals surface area contributed by atoms with Gasteiger partial charge in [-0.25, -0.2) is 0 Å². The van der Waals surface area contributed by atoms with Crippen LogP contribution in [0.5, 0.6) is 0 Å². The number of nitrogens with two attached hydrogens (primary N) is 2. The zero-order valence-corrected chi connectivity index (χ0v) is 19.7. The molecule has 4 N–H and O–H groups in total. The summed E-state index contributed by atoms with van der Waals surface area (Å²) < 4.78 is 0. The van der Waals surface area contributed by atoms with Gasteiger partial charge in [-0.2, -0.15) is 5.26 Å². The zero-order valence-electron chi connectivity index (χ0n) is 19.7. The lowest BCUT2D eigenvalue weighted by molar-refractivity contribution is -0.141. The minimum Gasteiger partial charge on any atom is -0.366 e. The number of likely N-dealkylation sites (tertiary alicyclic amines) is 3. The molecule has 180 valence electrons. The van der Waals surface area contributed by atoms with Crippen LogP contribution < -0.4 is 11.5 Å². The van der Waals surface area contributed by atoms with Gasteiger partial charge in [0, 0.05) is 30.7 Å². The van der Waals surface area contributed by atoms with E-state index in [0.29, 0.717) is 25.1 Å². The van der Waals surface area contributed by atoms with Crippen molar-refractivity contribution in [2.24, 2.45) is 17.4 Å². The number of carbonyl (C=O) groups excluding carboxylic acids is 3. The fraction of sp³-hybridized carbons (Fsp3) is 0.600. The predicted octanol–water partition coefficient (Wildman–Crippen LogP) is 0.534. The maximum absolute atomic E-state index is 13.4. The van der Waals surface area contributed by atoms with Crippen LogP contribution in [-0.2, 0) is 16.0 Å². The Morgan fingerprint density at radius 2 is 2.00 bits per heavy atom. The van der Waals surface area contributed by atoms with Crippen LogP contribution in [0.15, 0.2) is 18.2 Å². The molecule has 3 amide bonds. The monoisotopic (exact) mass is 464 g/mol. The standard InChI is InChI=1S/C25H32N6O3/c1-13-7-17(10-26)30(14(13)2)24(33)20(27)12-29-11-18-9-22(29)25(34)31(18)21-6-4-15-8-16(23(28)32)3-5-19(15)21/h3,5,8,13-14,17-18,20-22H,4,6-7,9,11-12,27H2,1-2H3,(H2,28,32)/t13?,14?,17?,18-,20?,21?,22?/m0/s1. The third-order valence-corrected chi connectivity index (χ3v) is 8.47. The van der Waals surface area contributed by atoms with E-state index in [1.165, 1.54) is 0 Å². The van der Waals surface area contributed by atoms with Gasteiger partial charge in [0.05, 0.1) is 24.2 Å². The molecule has 0 spiro atoms. The molecule has 9 heteroatoms. The van der Waals surface area contributed by atoms with Gasteiger partial charge in [0.1, 0.15) is 6.04 Å². The summed E-state index contributed by atoms with van der Waals surface area (Å²) in [5, 5.41) is 9.48. The van der Waals surface area contributed by atoms with Crippen molar-refractivity contribution in [2.75, 3.05) is 13.1 Å². The fourth-order valence-electron chi connectivity index (χ4n) is 6.55. The van der Waals surface area contributed by atoms with E-state index in [4.69, 9.17) is 11.5 Å². The van der Waals surface area contributed by atoms with Gasteiger partial charge in [-0.1, -0.05) is 13.0 Å². The lowest BCUT2D eigenvalue weighted by atomic mass is 10.0. The van der Waals surface area contributed by atoms with Crippen molar-refractivity contribution in [3.63, 3.8) is 0 Å². The van der Waals surface area contributed by atoms with Crippen molar-refractivity contribution in [3.8, 4) is 6.07 Å². The molecule has 1 aromatic rings. The number of carbonyl (C=O) groups is 3. The first-order valence-corrected chi connectivity index (χ1v) is 12.2. The summed E-state index contributed by atoms with van der Waals surface area (Å²) in [7, 11) is 0. The maximum atomic E-state index is 13.4. The molecule has 3 fully saturated rings. The van der Waals surface area contributed by atoms with Crippen molar-refractivity contribution < 1.29 is 14.4 Å². The van der Waals surface area contributed by atoms with Gasteiger partial charge in [-0.15, -0.1) is 0 Å². The third-order valence-electron chi connectivity index (χ3n) is 8.47. The highest BCUT2D eigenvalue weighted by atomic mass is 16.2. The number of rotatable bonds is 5. The number of primary amides is 1. The van der Waals surface area contributed by atoms with Crippen LogP contribution >= 0.6 is 0 Å². The molecule has 3 saturated heterocycles. The Hall–Kier alpha value is -2.96. The summed E-state index contributed by atoms with van der Waals surface area (Å²) in [6.45, 7) is 5.03. The van der Waals surface area contributed by atoms with E-state index in [9.17, 15) is 19.6 Å². The number of amides is 3. The van der Waals surface area contributed by atoms with Crippen molar-refractivity contribution in [1.82, 2.24) is 14.7 Å². The molecule has 2 bridgehead atoms. The quantitative estimate of drug-likeness (QED) is 0.652. The second kappa shape index (κ2) is 8.36. The van der Waals surface area contributed by atoms with Crippen LogP contribution in [0.2, 0.25) is 0 Å². The van der Waals surface area contributed by atoms with E-state index in [1.807, 2.05) is 28.9 Å². The highest BCUT2D eigenvalue weighted by Crippen LogP contribution is 2.44. The van der Waals surface area contributed by atoms with E-state index in [-0.39, 0.29) is 41.9 Å². The largest absolute Gasteiger partial charge is 0.366 e. The van der Waals surface area contributed by atoms with Crippen LogP contribution in [0.25, 0.3) is 0 Å². The summed E-state index contributed by atoms with van der Waals surface area (Å²) in [4.78, 5) is 43.7. The van der Waals surface area contributed by atoms with Gasteiger partial charge in [0.2, 0.25) is 17.7 Å². The van der Waals surface area contributed by atoms with Gasteiger partial charge in [-0.05, 0) is 61.8 Å². The minimum atomic E-state index is -0.761. The second-order valence-electron chi connectivity index (χ2n) is 10.4. The van der Waals surface area contributed by atoms with Gasteiger partial charge in [-0.3, -0.25) is 19.3 Å². The van der Waals surface area contributed by atoms with E-state index in [1.54, 1.807) is 11.0 Å². The normalized spacial score (nSPS) is 33.3. The molecule has 3 heterocycles. The molecule has 3 aliphatic heterocycles. The molecular weight excluding hydrogens is 432 g/mol. The van der Waals surface area contributed by atoms with E-state index < -0.39 is 18.0 Å². The Morgan fingerprint density at radius 3 is 2.68 bits per heavy atom. The Labute approximate surface area is 199 Å². The number of hydrogen-bond donors (Lipinski definition) is 2. The van der Waals surface area contributed by atoms with Crippen LogP contribution in [0, 0.1) is 17.2 Å². The minimum absolute atomic E-state index is 0.0141. The lowest BCUT2D eigenvalue weighted by Crippen LogP contribution is -2.57. The summed E-state index contributed by atoms with van der Waals surface area (Å²) >= 11 is 0. The molecule has 5 rings (SSSR count). The van der Waals surface area contributed by atoms with Gasteiger partial charge in [0.15, 0.2) is 0 Å². The second-order valence-corrected chi connectivity index (χ2v) is 10.4. The molecule has 34 heavy (non-hydrogen) atoms. The molecule has 1 aromatic carbocycles. The van der Waals surface area contributed by atoms with Crippen molar-refractivity contribution in [3.05, 3.63) is 34.9 Å². The average Bonchev–Trinajstić information content (AvgIpc) is 3.55. The molecule has 0 aromatic heterocycles. The van der Waals surface area contributed by atoms with Crippen molar-refractivity contribution >= 4 is 17.7 Å². The van der Waals surface area contributed by atoms with Crippen LogP contribution in [0.3, 0.4) is 0 Å². The highest BCUT2D eigenvalue weighted by molar-refractivity contribution is 5.93. The highest BCUT2D eigenvalue weighted by Gasteiger charge is 2.53. The van der Waals surface area contributed by atoms with Crippen molar-refractivity contribution in [1.29, 1.82) is 5.26 Å². The molecule has 6 unspecified atom stereocenters. The fourth-order valence-corrected chi connectivity index (χ4v) is 6.55. The number of piperazine rings is 1. The molecule has 1 aliphatic carbocycles. The molecular formula is C25H32N6O3. The number of benzene rings is 1. The summed E-state index contributed by atoms with van der Waals surface area (Å²) in [5.74, 6) is -0.300.